The van der Waals surface area contributed by atoms with Gasteiger partial charge in [0.2, 0.25) is 5.91 Å². The van der Waals surface area contributed by atoms with Gasteiger partial charge in [-0.3, -0.25) is 9.59 Å². The molecule has 13 heteroatoms. The van der Waals surface area contributed by atoms with E-state index in [0.29, 0.717) is 6.42 Å². The van der Waals surface area contributed by atoms with Crippen LogP contribution in [0, 0.1) is 0 Å². The first-order chi connectivity index (χ1) is 16.8. The van der Waals surface area contributed by atoms with Gasteiger partial charge >= 0.3 is 24.2 Å². The van der Waals surface area contributed by atoms with E-state index in [9.17, 15) is 44.7 Å². The van der Waals surface area contributed by atoms with Gasteiger partial charge in [-0.05, 0) is 6.42 Å². The summed E-state index contributed by atoms with van der Waals surface area (Å²) in [6, 6.07) is 0. The van der Waals surface area contributed by atoms with E-state index in [0.717, 1.165) is 25.7 Å². The maximum absolute atomic E-state index is 13.8. The van der Waals surface area contributed by atoms with Gasteiger partial charge < -0.3 is 5.32 Å². The summed E-state index contributed by atoms with van der Waals surface area (Å²) in [5.41, 5.74) is 0. The van der Waals surface area contributed by atoms with E-state index >= 15 is 0 Å². The van der Waals surface area contributed by atoms with Gasteiger partial charge in [0.1, 0.15) is 12.4 Å². The van der Waals surface area contributed by atoms with Gasteiger partial charge in [-0.1, -0.05) is 77.6 Å². The lowest BCUT2D eigenvalue weighted by molar-refractivity contribution is -0.339. The molecule has 0 bridgehead atoms. The second kappa shape index (κ2) is 14.7. The molecule has 0 aromatic carbocycles. The van der Waals surface area contributed by atoms with Crippen LogP contribution in [-0.2, 0) is 9.59 Å². The molecule has 0 saturated heterocycles. The van der Waals surface area contributed by atoms with Crippen LogP contribution < -0.4 is 5.32 Å². The van der Waals surface area contributed by atoms with Crippen molar-refractivity contribution in [2.45, 2.75) is 121 Å². The van der Waals surface area contributed by atoms with Gasteiger partial charge in [-0.2, -0.15) is 31.4 Å². The molecule has 0 spiro atoms. The highest BCUT2D eigenvalue weighted by atomic mass is 19.4. The lowest BCUT2D eigenvalue weighted by Gasteiger charge is -2.33. The fourth-order valence-corrected chi connectivity index (χ4v) is 3.68. The Bertz CT molecular complexity index is 732. The molecule has 0 aromatic rings. The van der Waals surface area contributed by atoms with E-state index in [2.05, 4.69) is 17.3 Å². The number of carbonyl (C=O) groups excluding carboxylic acids is 2. The molecule has 1 heterocycles. The van der Waals surface area contributed by atoms with Crippen LogP contribution in [0.3, 0.4) is 0 Å². The zero-order valence-electron chi connectivity index (χ0n) is 20.4. The maximum Gasteiger partial charge on any atom is 0.379 e. The summed E-state index contributed by atoms with van der Waals surface area (Å²) in [4.78, 5) is 23.7. The number of hydrogen-bond donors (Lipinski definition) is 1. The molecule has 2 amide bonds. The quantitative estimate of drug-likeness (QED) is 0.153. The Morgan fingerprint density at radius 1 is 0.889 bits per heavy atom. The van der Waals surface area contributed by atoms with Crippen LogP contribution in [0.4, 0.5) is 35.1 Å². The van der Waals surface area contributed by atoms with E-state index in [-0.39, 0.29) is 11.4 Å². The number of carbonyl (C=O) groups is 2. The van der Waals surface area contributed by atoms with E-state index < -0.39 is 54.8 Å². The van der Waals surface area contributed by atoms with Crippen LogP contribution in [0.15, 0.2) is 5.10 Å². The highest BCUT2D eigenvalue weighted by Crippen LogP contribution is 2.48. The zero-order valence-corrected chi connectivity index (χ0v) is 20.4. The number of hydrogen-bond acceptors (Lipinski definition) is 3. The van der Waals surface area contributed by atoms with Crippen molar-refractivity contribution in [1.29, 1.82) is 0 Å². The van der Waals surface area contributed by atoms with Crippen LogP contribution in [0.2, 0.25) is 0 Å². The van der Waals surface area contributed by atoms with Crippen molar-refractivity contribution in [1.82, 2.24) is 10.3 Å². The molecule has 0 saturated carbocycles. The number of rotatable bonds is 18. The average Bonchev–Trinajstić information content (AvgIpc) is 3.11. The van der Waals surface area contributed by atoms with Crippen LogP contribution in [0.5, 0.6) is 0 Å². The second-order valence-electron chi connectivity index (χ2n) is 9.06. The monoisotopic (exact) mass is 537 g/mol. The number of hydrazone groups is 1. The van der Waals surface area contributed by atoms with Crippen molar-refractivity contribution in [3.05, 3.63) is 0 Å². The number of unbranched alkanes of at least 4 members (excludes halogenated alkanes) is 11. The molecule has 1 aliphatic rings. The van der Waals surface area contributed by atoms with E-state index in [1.807, 2.05) is 0 Å². The molecule has 0 aromatic heterocycles. The lowest BCUT2D eigenvalue weighted by Crippen LogP contribution is -2.60. The van der Waals surface area contributed by atoms with Gasteiger partial charge in [0, 0.05) is 6.42 Å². The third-order valence-electron chi connectivity index (χ3n) is 5.89. The smallest absolute Gasteiger partial charge is 0.312 e. The summed E-state index contributed by atoms with van der Waals surface area (Å²) in [5, 5.41) is 5.24. The predicted octanol–water partition coefficient (Wildman–Crippen LogP) is 6.91. The Morgan fingerprint density at radius 3 is 1.83 bits per heavy atom. The van der Waals surface area contributed by atoms with Crippen molar-refractivity contribution in [2.75, 3.05) is 6.54 Å². The van der Waals surface area contributed by atoms with Crippen molar-refractivity contribution < 1.29 is 44.7 Å². The normalized spacial score (nSPS) is 15.1. The standard InChI is InChI=1S/C23H35F8N3O2/c1-2-3-4-5-6-7-8-9-10-11-12-13-14-18(35)32-17-15-19(36)34(33-17)16-21(26,27)23(30,31)22(28,29)20(24)25/h20H,2-16H2,1H3,(H,32,33,35). The lowest BCUT2D eigenvalue weighted by atomic mass is 10.0. The van der Waals surface area contributed by atoms with Crippen LogP contribution in [0.25, 0.3) is 0 Å². The van der Waals surface area contributed by atoms with E-state index in [1.165, 1.54) is 44.9 Å². The number of amides is 2. The Labute approximate surface area is 206 Å². The topological polar surface area (TPSA) is 61.8 Å². The zero-order chi connectivity index (χ0) is 27.4. The molecule has 210 valence electrons. The molecule has 0 atom stereocenters. The summed E-state index contributed by atoms with van der Waals surface area (Å²) in [5.74, 6) is -20.7. The maximum atomic E-state index is 13.8. The summed E-state index contributed by atoms with van der Waals surface area (Å²) in [6.07, 6.45) is 7.33. The van der Waals surface area contributed by atoms with Gasteiger partial charge in [0.25, 0.3) is 5.91 Å². The summed E-state index contributed by atoms with van der Waals surface area (Å²) in [7, 11) is 0. The minimum atomic E-state index is -6.44. The van der Waals surface area contributed by atoms with Gasteiger partial charge in [0.05, 0.1) is 6.42 Å². The highest BCUT2D eigenvalue weighted by molar-refractivity contribution is 6.09. The van der Waals surface area contributed by atoms with Crippen LogP contribution in [-0.4, -0.2) is 53.4 Å². The molecule has 0 radical (unpaired) electrons. The van der Waals surface area contributed by atoms with Gasteiger partial charge in [-0.25, -0.2) is 13.8 Å². The molecule has 0 unspecified atom stereocenters. The number of nitrogens with zero attached hydrogens (tertiary/aromatic N) is 2. The predicted molar refractivity (Wildman–Crippen MR) is 118 cm³/mol. The molecule has 1 aliphatic heterocycles. The molecule has 0 aliphatic carbocycles. The third kappa shape index (κ3) is 9.49. The molecule has 0 fully saturated rings. The van der Waals surface area contributed by atoms with Crippen molar-refractivity contribution in [2.24, 2.45) is 5.10 Å². The third-order valence-corrected chi connectivity index (χ3v) is 5.89. The summed E-state index contributed by atoms with van der Waals surface area (Å²) >= 11 is 0. The Kier molecular flexibility index (Phi) is 13.1. The molecule has 5 nitrogen and oxygen atoms in total. The fourth-order valence-electron chi connectivity index (χ4n) is 3.68. The van der Waals surface area contributed by atoms with E-state index in [1.54, 1.807) is 0 Å². The number of nitrogens with one attached hydrogen (secondary N) is 1. The molecule has 1 rings (SSSR count). The van der Waals surface area contributed by atoms with Crippen molar-refractivity contribution in [3.63, 3.8) is 0 Å². The molecule has 1 N–H and O–H groups in total. The first-order valence-electron chi connectivity index (χ1n) is 12.4. The minimum absolute atomic E-state index is 0.0550. The second-order valence-corrected chi connectivity index (χ2v) is 9.06. The summed E-state index contributed by atoms with van der Waals surface area (Å²) in [6.45, 7) is -0.172. The Hall–Kier alpha value is -1.95. The SMILES string of the molecule is CCCCCCCCCCCCCCC(=O)NC1=NN(CC(F)(F)C(F)(F)C(F)(F)C(F)F)C(=O)C1. The van der Waals surface area contributed by atoms with Gasteiger partial charge in [0.15, 0.2) is 0 Å². The van der Waals surface area contributed by atoms with Crippen molar-refractivity contribution >= 4 is 17.6 Å². The van der Waals surface area contributed by atoms with Gasteiger partial charge in [-0.15, -0.1) is 0 Å². The minimum Gasteiger partial charge on any atom is -0.312 e. The fraction of sp³-hybridized carbons (Fsp3) is 0.870. The van der Waals surface area contributed by atoms with Crippen molar-refractivity contribution in [3.8, 4) is 0 Å². The Morgan fingerprint density at radius 2 is 1.36 bits per heavy atom. The average molecular weight is 538 g/mol. The first-order valence-corrected chi connectivity index (χ1v) is 12.4. The molecular formula is C23H35F8N3O2. The largest absolute Gasteiger partial charge is 0.379 e. The number of amidine groups is 1. The summed E-state index contributed by atoms with van der Waals surface area (Å²) < 4.78 is 105. The molecular weight excluding hydrogens is 502 g/mol. The number of alkyl halides is 8. The molecule has 36 heavy (non-hydrogen) atoms. The highest BCUT2D eigenvalue weighted by Gasteiger charge is 2.75. The van der Waals surface area contributed by atoms with Crippen LogP contribution >= 0.6 is 0 Å². The van der Waals surface area contributed by atoms with E-state index in [4.69, 9.17) is 0 Å². The number of halogens is 8. The Balaban J connectivity index is 2.35. The first kappa shape index (κ1) is 32.1. The van der Waals surface area contributed by atoms with Crippen LogP contribution in [0.1, 0.15) is 96.8 Å².